The number of nitrogens with one attached hydrogen (secondary N) is 1. The van der Waals surface area contributed by atoms with Gasteiger partial charge in [-0.15, -0.1) is 0 Å². The molecule has 24 heavy (non-hydrogen) atoms. The summed E-state index contributed by atoms with van der Waals surface area (Å²) in [6, 6.07) is 6.43. The quantitative estimate of drug-likeness (QED) is 0.714. The molecule has 2 N–H and O–H groups in total. The van der Waals surface area contributed by atoms with Crippen molar-refractivity contribution in [3.05, 3.63) is 36.0 Å². The second kappa shape index (κ2) is 8.01. The number of amides is 1. The number of fused-ring (bicyclic) bond motifs is 1. The molecule has 1 heterocycles. The van der Waals surface area contributed by atoms with E-state index in [1.165, 1.54) is 18.7 Å². The summed E-state index contributed by atoms with van der Waals surface area (Å²) in [5.41, 5.74) is 1.32. The Bertz CT molecular complexity index is 769. The first-order valence-corrected chi connectivity index (χ1v) is 8.93. The Morgan fingerprint density at radius 3 is 2.62 bits per heavy atom. The van der Waals surface area contributed by atoms with E-state index in [1.54, 1.807) is 10.8 Å². The molecule has 2 rings (SSSR count). The topological polar surface area (TPSA) is 88.4 Å². The van der Waals surface area contributed by atoms with Crippen molar-refractivity contribution in [2.75, 3.05) is 12.0 Å². The highest BCUT2D eigenvalue weighted by Crippen LogP contribution is 2.21. The summed E-state index contributed by atoms with van der Waals surface area (Å²) in [6.45, 7) is 1.45. The van der Waals surface area contributed by atoms with Crippen LogP contribution in [0.15, 0.2) is 30.5 Å². The molecule has 0 aliphatic heterocycles. The number of para-hydroxylation sites is 1. The predicted molar refractivity (Wildman–Crippen MR) is 94.5 cm³/mol. The van der Waals surface area contributed by atoms with Gasteiger partial charge < -0.3 is 15.0 Å². The molecule has 0 saturated heterocycles. The molecule has 1 amide bonds. The number of Topliss-reactive ketones (excluding diaryl/α,β-unsaturated/α-hetero) is 1. The van der Waals surface area contributed by atoms with Gasteiger partial charge in [-0.05, 0) is 31.4 Å². The van der Waals surface area contributed by atoms with Gasteiger partial charge in [0.1, 0.15) is 12.6 Å². The predicted octanol–water partition coefficient (Wildman–Crippen LogP) is 2.17. The van der Waals surface area contributed by atoms with Crippen LogP contribution in [-0.4, -0.2) is 45.4 Å². The molecule has 0 radical (unpaired) electrons. The Balaban J connectivity index is 2.18. The molecule has 2 aromatic rings. The van der Waals surface area contributed by atoms with Gasteiger partial charge in [0, 0.05) is 22.7 Å². The largest absolute Gasteiger partial charge is 0.480 e. The van der Waals surface area contributed by atoms with Crippen LogP contribution in [-0.2, 0) is 16.1 Å². The van der Waals surface area contributed by atoms with E-state index in [0.717, 1.165) is 10.9 Å². The van der Waals surface area contributed by atoms with E-state index in [2.05, 4.69) is 5.32 Å². The van der Waals surface area contributed by atoms with Crippen LogP contribution in [0.2, 0.25) is 0 Å². The van der Waals surface area contributed by atoms with Crippen LogP contribution >= 0.6 is 11.8 Å². The van der Waals surface area contributed by atoms with E-state index in [0.29, 0.717) is 17.7 Å². The summed E-state index contributed by atoms with van der Waals surface area (Å²) in [7, 11) is 0. The van der Waals surface area contributed by atoms with Crippen molar-refractivity contribution >= 4 is 40.3 Å². The monoisotopic (exact) mass is 348 g/mol. The van der Waals surface area contributed by atoms with E-state index in [1.807, 2.05) is 30.5 Å². The van der Waals surface area contributed by atoms with Crippen LogP contribution < -0.4 is 5.32 Å². The number of carbonyl (C=O) groups is 3. The highest BCUT2D eigenvalue weighted by Gasteiger charge is 2.20. The van der Waals surface area contributed by atoms with Crippen LogP contribution in [0.4, 0.5) is 0 Å². The van der Waals surface area contributed by atoms with Crippen LogP contribution in [0, 0.1) is 0 Å². The molecule has 0 aliphatic rings. The number of nitrogens with zero attached hydrogens (tertiary/aromatic N) is 1. The number of ketones is 1. The molecule has 1 aromatic carbocycles. The summed E-state index contributed by atoms with van der Waals surface area (Å²) in [6.07, 6.45) is 3.90. The van der Waals surface area contributed by atoms with Gasteiger partial charge in [0.2, 0.25) is 5.91 Å². The molecule has 1 aromatic heterocycles. The summed E-state index contributed by atoms with van der Waals surface area (Å²) in [5.74, 6) is -0.856. The summed E-state index contributed by atoms with van der Waals surface area (Å²) < 4.78 is 1.68. The third-order valence-corrected chi connectivity index (χ3v) is 4.37. The number of carboxylic acid groups (broad SMARTS) is 1. The molecule has 0 unspecified atom stereocenters. The van der Waals surface area contributed by atoms with Gasteiger partial charge in [-0.25, -0.2) is 4.79 Å². The Kier molecular flexibility index (Phi) is 6.03. The second-order valence-corrected chi connectivity index (χ2v) is 6.47. The van der Waals surface area contributed by atoms with Crippen molar-refractivity contribution in [3.8, 4) is 0 Å². The molecular weight excluding hydrogens is 328 g/mol. The standard InChI is InChI=1S/C17H20N2O4S/c1-11(20)13-9-19(15-6-4-3-5-12(13)15)10-16(21)18-14(17(22)23)7-8-24-2/h3-6,9,14H,7-8,10H2,1-2H3,(H,18,21)(H,22,23)/t14-/m0/s1. The van der Waals surface area contributed by atoms with Crippen molar-refractivity contribution in [1.29, 1.82) is 0 Å². The van der Waals surface area contributed by atoms with Gasteiger partial charge >= 0.3 is 5.97 Å². The minimum Gasteiger partial charge on any atom is -0.480 e. The number of aliphatic carboxylic acids is 1. The molecule has 128 valence electrons. The molecular formula is C17H20N2O4S. The maximum Gasteiger partial charge on any atom is 0.326 e. The van der Waals surface area contributed by atoms with Gasteiger partial charge in [-0.1, -0.05) is 18.2 Å². The summed E-state index contributed by atoms with van der Waals surface area (Å²) >= 11 is 1.53. The Hall–Kier alpha value is -2.28. The number of hydrogen-bond acceptors (Lipinski definition) is 4. The van der Waals surface area contributed by atoms with Gasteiger partial charge in [0.25, 0.3) is 0 Å². The van der Waals surface area contributed by atoms with Gasteiger partial charge in [-0.2, -0.15) is 11.8 Å². The Morgan fingerprint density at radius 1 is 1.29 bits per heavy atom. The maximum atomic E-state index is 12.2. The molecule has 0 saturated carbocycles. The van der Waals surface area contributed by atoms with Crippen molar-refractivity contribution < 1.29 is 19.5 Å². The van der Waals surface area contributed by atoms with Crippen molar-refractivity contribution in [3.63, 3.8) is 0 Å². The van der Waals surface area contributed by atoms with E-state index in [-0.39, 0.29) is 18.2 Å². The van der Waals surface area contributed by atoms with Gasteiger partial charge in [0.15, 0.2) is 5.78 Å². The SMILES string of the molecule is CSCC[C@H](NC(=O)Cn1cc(C(C)=O)c2ccccc21)C(=O)O. The zero-order valence-electron chi connectivity index (χ0n) is 13.6. The highest BCUT2D eigenvalue weighted by molar-refractivity contribution is 7.98. The van der Waals surface area contributed by atoms with Crippen LogP contribution in [0.5, 0.6) is 0 Å². The van der Waals surface area contributed by atoms with E-state index in [4.69, 9.17) is 0 Å². The number of carbonyl (C=O) groups excluding carboxylic acids is 2. The molecule has 7 heteroatoms. The molecule has 0 bridgehead atoms. The number of thioether (sulfide) groups is 1. The number of carboxylic acids is 1. The van der Waals surface area contributed by atoms with Gasteiger partial charge in [-0.3, -0.25) is 9.59 Å². The lowest BCUT2D eigenvalue weighted by molar-refractivity contribution is -0.141. The lowest BCUT2D eigenvalue weighted by Gasteiger charge is -2.14. The minimum atomic E-state index is -1.04. The summed E-state index contributed by atoms with van der Waals surface area (Å²) in [5, 5.41) is 12.5. The lowest BCUT2D eigenvalue weighted by atomic mass is 10.1. The fraction of sp³-hybridized carbons (Fsp3) is 0.353. The Morgan fingerprint density at radius 2 is 2.00 bits per heavy atom. The minimum absolute atomic E-state index is 0.0309. The van der Waals surface area contributed by atoms with Crippen molar-refractivity contribution in [1.82, 2.24) is 9.88 Å². The number of benzene rings is 1. The first-order valence-electron chi connectivity index (χ1n) is 7.54. The molecule has 6 nitrogen and oxygen atoms in total. The first kappa shape index (κ1) is 18.1. The van der Waals surface area contributed by atoms with E-state index >= 15 is 0 Å². The third-order valence-electron chi connectivity index (χ3n) is 3.73. The van der Waals surface area contributed by atoms with Crippen LogP contribution in [0.25, 0.3) is 10.9 Å². The van der Waals surface area contributed by atoms with Crippen molar-refractivity contribution in [2.45, 2.75) is 25.9 Å². The highest BCUT2D eigenvalue weighted by atomic mass is 32.2. The smallest absolute Gasteiger partial charge is 0.326 e. The molecule has 0 spiro atoms. The second-order valence-electron chi connectivity index (χ2n) is 5.48. The zero-order chi connectivity index (χ0) is 17.7. The average molecular weight is 348 g/mol. The molecule has 0 fully saturated rings. The number of aromatic nitrogens is 1. The number of rotatable bonds is 8. The first-order chi connectivity index (χ1) is 11.4. The average Bonchev–Trinajstić information content (AvgIpc) is 2.90. The maximum absolute atomic E-state index is 12.2. The zero-order valence-corrected chi connectivity index (χ0v) is 14.4. The van der Waals surface area contributed by atoms with E-state index in [9.17, 15) is 19.5 Å². The normalized spacial score (nSPS) is 12.1. The van der Waals surface area contributed by atoms with Crippen LogP contribution in [0.3, 0.4) is 0 Å². The van der Waals surface area contributed by atoms with Crippen molar-refractivity contribution in [2.24, 2.45) is 0 Å². The van der Waals surface area contributed by atoms with Gasteiger partial charge in [0.05, 0.1) is 0 Å². The molecule has 1 atom stereocenters. The number of hydrogen-bond donors (Lipinski definition) is 2. The fourth-order valence-electron chi connectivity index (χ4n) is 2.55. The third kappa shape index (κ3) is 4.17. The summed E-state index contributed by atoms with van der Waals surface area (Å²) in [4.78, 5) is 35.2. The van der Waals surface area contributed by atoms with Crippen LogP contribution in [0.1, 0.15) is 23.7 Å². The van der Waals surface area contributed by atoms with E-state index < -0.39 is 12.0 Å². The lowest BCUT2D eigenvalue weighted by Crippen LogP contribution is -2.42. The fourth-order valence-corrected chi connectivity index (χ4v) is 3.02. The molecule has 0 aliphatic carbocycles. The Labute approximate surface area is 144 Å².